The van der Waals surface area contributed by atoms with Crippen molar-refractivity contribution >= 4 is 45.8 Å². The van der Waals surface area contributed by atoms with Gasteiger partial charge in [-0.05, 0) is 65.4 Å². The van der Waals surface area contributed by atoms with Crippen LogP contribution in [-0.2, 0) is 4.79 Å². The molecule has 2 aromatic carbocycles. The molecule has 2 aromatic rings. The molecule has 0 aliphatic rings. The lowest BCUT2D eigenvalue weighted by Crippen LogP contribution is -2.20. The second kappa shape index (κ2) is 6.95. The molecule has 0 atom stereocenters. The maximum absolute atomic E-state index is 11.8. The van der Waals surface area contributed by atoms with Gasteiger partial charge in [0.25, 0.3) is 5.91 Å². The summed E-state index contributed by atoms with van der Waals surface area (Å²) in [5.74, 6) is 0.437. The van der Waals surface area contributed by atoms with Crippen LogP contribution < -0.4 is 10.1 Å². The number of carbonyl (C=O) groups is 1. The number of para-hydroxylation sites is 1. The van der Waals surface area contributed by atoms with E-state index >= 15 is 0 Å². The minimum absolute atomic E-state index is 0.0357. The number of amides is 1. The van der Waals surface area contributed by atoms with Crippen molar-refractivity contribution in [2.24, 2.45) is 0 Å². The first-order valence-corrected chi connectivity index (χ1v) is 7.45. The summed E-state index contributed by atoms with van der Waals surface area (Å²) < 4.78 is 6.43. The molecule has 0 radical (unpaired) electrons. The molecule has 0 saturated heterocycles. The number of aryl methyl sites for hydroxylation is 1. The average molecular weight is 402 g/mol. The van der Waals surface area contributed by atoms with Gasteiger partial charge in [0.15, 0.2) is 6.61 Å². The van der Waals surface area contributed by atoms with Gasteiger partial charge in [-0.2, -0.15) is 0 Å². The molecule has 0 saturated carbocycles. The molecule has 0 fully saturated rings. The zero-order valence-corrected chi connectivity index (χ0v) is 13.7. The summed E-state index contributed by atoms with van der Waals surface area (Å²) >= 11 is 8.10. The maximum Gasteiger partial charge on any atom is 0.262 e. The molecule has 0 aromatic heterocycles. The molecule has 1 N–H and O–H groups in total. The minimum atomic E-state index is -0.193. The number of hydrogen-bond acceptors (Lipinski definition) is 2. The minimum Gasteiger partial charge on any atom is -0.484 e. The lowest BCUT2D eigenvalue weighted by Gasteiger charge is -2.09. The zero-order chi connectivity index (χ0) is 14.5. The SMILES string of the molecule is Cc1cc(OCC(=O)Nc2ccccc2I)ccc1Cl. The molecule has 0 spiro atoms. The van der Waals surface area contributed by atoms with Crippen LogP contribution in [0.4, 0.5) is 5.69 Å². The molecule has 0 bridgehead atoms. The largest absolute Gasteiger partial charge is 0.484 e. The Bertz CT molecular complexity index is 631. The number of carbonyl (C=O) groups excluding carboxylic acids is 1. The van der Waals surface area contributed by atoms with Gasteiger partial charge in [0, 0.05) is 8.59 Å². The highest BCUT2D eigenvalue weighted by atomic mass is 127. The van der Waals surface area contributed by atoms with Crippen molar-refractivity contribution in [2.75, 3.05) is 11.9 Å². The Hall–Kier alpha value is -1.27. The van der Waals surface area contributed by atoms with Gasteiger partial charge in [0.2, 0.25) is 0 Å². The van der Waals surface area contributed by atoms with E-state index < -0.39 is 0 Å². The van der Waals surface area contributed by atoms with Crippen LogP contribution in [-0.4, -0.2) is 12.5 Å². The lowest BCUT2D eigenvalue weighted by atomic mass is 10.2. The number of anilines is 1. The molecule has 0 unspecified atom stereocenters. The summed E-state index contributed by atoms with van der Waals surface area (Å²) in [6, 6.07) is 12.9. The molecule has 0 heterocycles. The standard InChI is InChI=1S/C15H13ClINO2/c1-10-8-11(6-7-12(10)16)20-9-15(19)18-14-5-3-2-4-13(14)17/h2-8H,9H2,1H3,(H,18,19). The first kappa shape index (κ1) is 15.1. The number of benzene rings is 2. The second-order valence-electron chi connectivity index (χ2n) is 4.23. The second-order valence-corrected chi connectivity index (χ2v) is 5.80. The van der Waals surface area contributed by atoms with E-state index in [1.54, 1.807) is 12.1 Å². The summed E-state index contributed by atoms with van der Waals surface area (Å²) in [7, 11) is 0. The average Bonchev–Trinajstić information content (AvgIpc) is 2.43. The van der Waals surface area contributed by atoms with Crippen molar-refractivity contribution in [3.8, 4) is 5.75 Å². The number of nitrogens with one attached hydrogen (secondary N) is 1. The van der Waals surface area contributed by atoms with Crippen LogP contribution >= 0.6 is 34.2 Å². The van der Waals surface area contributed by atoms with E-state index in [1.165, 1.54) is 0 Å². The fourth-order valence-corrected chi connectivity index (χ4v) is 2.24. The monoisotopic (exact) mass is 401 g/mol. The fraction of sp³-hybridized carbons (Fsp3) is 0.133. The van der Waals surface area contributed by atoms with Crippen LogP contribution in [0.25, 0.3) is 0 Å². The molecular weight excluding hydrogens is 389 g/mol. The highest BCUT2D eigenvalue weighted by molar-refractivity contribution is 14.1. The van der Waals surface area contributed by atoms with E-state index in [4.69, 9.17) is 16.3 Å². The Morgan fingerprint density at radius 3 is 2.75 bits per heavy atom. The first-order chi connectivity index (χ1) is 9.56. The Kier molecular flexibility index (Phi) is 5.25. The van der Waals surface area contributed by atoms with E-state index in [1.807, 2.05) is 37.3 Å². The third kappa shape index (κ3) is 4.11. The maximum atomic E-state index is 11.8. The van der Waals surface area contributed by atoms with Crippen molar-refractivity contribution < 1.29 is 9.53 Å². The summed E-state index contributed by atoms with van der Waals surface area (Å²) in [6.45, 7) is 1.85. The summed E-state index contributed by atoms with van der Waals surface area (Å²) in [6.07, 6.45) is 0. The normalized spacial score (nSPS) is 10.2. The molecule has 104 valence electrons. The van der Waals surface area contributed by atoms with Gasteiger partial charge >= 0.3 is 0 Å². The van der Waals surface area contributed by atoms with Crippen molar-refractivity contribution in [1.29, 1.82) is 0 Å². The quantitative estimate of drug-likeness (QED) is 0.777. The van der Waals surface area contributed by atoms with E-state index in [2.05, 4.69) is 27.9 Å². The Morgan fingerprint density at radius 1 is 1.30 bits per heavy atom. The number of rotatable bonds is 4. The molecule has 1 amide bonds. The van der Waals surface area contributed by atoms with Crippen molar-refractivity contribution in [1.82, 2.24) is 0 Å². The Morgan fingerprint density at radius 2 is 2.05 bits per heavy atom. The highest BCUT2D eigenvalue weighted by Gasteiger charge is 2.06. The van der Waals surface area contributed by atoms with Crippen LogP contribution in [0.15, 0.2) is 42.5 Å². The molecule has 3 nitrogen and oxygen atoms in total. The number of hydrogen-bond donors (Lipinski definition) is 1. The first-order valence-electron chi connectivity index (χ1n) is 5.99. The van der Waals surface area contributed by atoms with Crippen LogP contribution in [0.1, 0.15) is 5.56 Å². The summed E-state index contributed by atoms with van der Waals surface area (Å²) in [5, 5.41) is 3.49. The van der Waals surface area contributed by atoms with Crippen LogP contribution in [0, 0.1) is 10.5 Å². The molecule has 5 heteroatoms. The zero-order valence-electron chi connectivity index (χ0n) is 10.8. The van der Waals surface area contributed by atoms with Gasteiger partial charge in [0.1, 0.15) is 5.75 Å². The van der Waals surface area contributed by atoms with E-state index in [0.717, 1.165) is 14.8 Å². The molecular formula is C15H13ClINO2. The van der Waals surface area contributed by atoms with Crippen molar-refractivity contribution in [3.05, 3.63) is 56.6 Å². The fourth-order valence-electron chi connectivity index (χ4n) is 1.60. The molecule has 20 heavy (non-hydrogen) atoms. The summed E-state index contributed by atoms with van der Waals surface area (Å²) in [5.41, 5.74) is 1.70. The summed E-state index contributed by atoms with van der Waals surface area (Å²) in [4.78, 5) is 11.8. The number of ether oxygens (including phenoxy) is 1. The smallest absolute Gasteiger partial charge is 0.262 e. The highest BCUT2D eigenvalue weighted by Crippen LogP contribution is 2.21. The van der Waals surface area contributed by atoms with Gasteiger partial charge < -0.3 is 10.1 Å². The Balaban J connectivity index is 1.92. The molecule has 2 rings (SSSR count). The van der Waals surface area contributed by atoms with E-state index in [-0.39, 0.29) is 12.5 Å². The molecule has 0 aliphatic carbocycles. The number of halogens is 2. The van der Waals surface area contributed by atoms with Crippen LogP contribution in [0.3, 0.4) is 0 Å². The third-order valence-corrected chi connectivity index (χ3v) is 4.01. The van der Waals surface area contributed by atoms with Crippen molar-refractivity contribution in [3.63, 3.8) is 0 Å². The van der Waals surface area contributed by atoms with E-state index in [9.17, 15) is 4.79 Å². The lowest BCUT2D eigenvalue weighted by molar-refractivity contribution is -0.118. The van der Waals surface area contributed by atoms with Gasteiger partial charge in [-0.15, -0.1) is 0 Å². The predicted molar refractivity (Wildman–Crippen MR) is 89.5 cm³/mol. The Labute approximate surface area is 136 Å². The van der Waals surface area contributed by atoms with Crippen molar-refractivity contribution in [2.45, 2.75) is 6.92 Å². The van der Waals surface area contributed by atoms with Crippen LogP contribution in [0.2, 0.25) is 5.02 Å². The van der Waals surface area contributed by atoms with Gasteiger partial charge in [-0.3, -0.25) is 4.79 Å². The molecule has 0 aliphatic heterocycles. The van der Waals surface area contributed by atoms with Gasteiger partial charge in [-0.25, -0.2) is 0 Å². The van der Waals surface area contributed by atoms with Gasteiger partial charge in [0.05, 0.1) is 5.69 Å². The van der Waals surface area contributed by atoms with E-state index in [0.29, 0.717) is 10.8 Å². The van der Waals surface area contributed by atoms with Crippen LogP contribution in [0.5, 0.6) is 5.75 Å². The third-order valence-electron chi connectivity index (χ3n) is 2.65. The topological polar surface area (TPSA) is 38.3 Å². The predicted octanol–water partition coefficient (Wildman–Crippen LogP) is 4.27. The van der Waals surface area contributed by atoms with Gasteiger partial charge in [-0.1, -0.05) is 23.7 Å².